The summed E-state index contributed by atoms with van der Waals surface area (Å²) in [5.74, 6) is 0.253. The lowest BCUT2D eigenvalue weighted by Gasteiger charge is -2.18. The molecule has 0 fully saturated rings. The molecular formula is C24H25N3O4. The number of carbonyl (C=O) groups is 2. The highest BCUT2D eigenvalue weighted by Crippen LogP contribution is 2.37. The van der Waals surface area contributed by atoms with E-state index in [1.807, 2.05) is 39.0 Å². The average molecular weight is 419 g/mol. The van der Waals surface area contributed by atoms with Gasteiger partial charge in [-0.15, -0.1) is 0 Å². The van der Waals surface area contributed by atoms with Crippen molar-refractivity contribution < 1.29 is 19.1 Å². The molecule has 0 atom stereocenters. The molecule has 0 aliphatic heterocycles. The number of nitrogens with one attached hydrogen (secondary N) is 2. The molecule has 0 bridgehead atoms. The smallest absolute Gasteiger partial charge is 0.257 e. The van der Waals surface area contributed by atoms with Gasteiger partial charge in [0.15, 0.2) is 0 Å². The number of hydrogen-bond donors (Lipinski definition) is 2. The van der Waals surface area contributed by atoms with Crippen molar-refractivity contribution >= 4 is 23.2 Å². The van der Waals surface area contributed by atoms with Gasteiger partial charge in [0.2, 0.25) is 0 Å². The molecule has 0 saturated carbocycles. The van der Waals surface area contributed by atoms with Crippen LogP contribution < -0.4 is 20.1 Å². The molecule has 7 heteroatoms. The van der Waals surface area contributed by atoms with Gasteiger partial charge in [-0.25, -0.2) is 0 Å². The fraction of sp³-hybridized carbons (Fsp3) is 0.208. The van der Waals surface area contributed by atoms with Crippen LogP contribution in [0, 0.1) is 6.92 Å². The molecule has 0 radical (unpaired) electrons. The third kappa shape index (κ3) is 5.60. The molecule has 7 nitrogen and oxygen atoms in total. The number of ether oxygens (including phenoxy) is 2. The molecule has 1 heterocycles. The van der Waals surface area contributed by atoms with Crippen molar-refractivity contribution in [2.75, 3.05) is 23.8 Å². The summed E-state index contributed by atoms with van der Waals surface area (Å²) >= 11 is 0. The number of anilines is 2. The lowest BCUT2D eigenvalue weighted by molar-refractivity contribution is 0.101. The van der Waals surface area contributed by atoms with Crippen molar-refractivity contribution in [2.24, 2.45) is 0 Å². The second kappa shape index (κ2) is 10.2. The summed E-state index contributed by atoms with van der Waals surface area (Å²) in [5.41, 5.74) is 2.83. The van der Waals surface area contributed by atoms with Crippen molar-refractivity contribution in [1.82, 2.24) is 4.98 Å². The topological polar surface area (TPSA) is 89.5 Å². The molecule has 160 valence electrons. The van der Waals surface area contributed by atoms with Gasteiger partial charge in [-0.1, -0.05) is 17.7 Å². The van der Waals surface area contributed by atoms with Crippen LogP contribution in [0.3, 0.4) is 0 Å². The third-order valence-electron chi connectivity index (χ3n) is 4.38. The Morgan fingerprint density at radius 3 is 1.94 bits per heavy atom. The summed E-state index contributed by atoms with van der Waals surface area (Å²) in [7, 11) is 0. The zero-order chi connectivity index (χ0) is 22.2. The van der Waals surface area contributed by atoms with Crippen molar-refractivity contribution in [3.8, 4) is 11.5 Å². The minimum Gasteiger partial charge on any atom is -0.492 e. The maximum atomic E-state index is 12.8. The Hall–Kier alpha value is -3.87. The van der Waals surface area contributed by atoms with Crippen LogP contribution in [0.2, 0.25) is 0 Å². The molecule has 3 rings (SSSR count). The van der Waals surface area contributed by atoms with E-state index in [2.05, 4.69) is 15.6 Å². The minimum absolute atomic E-state index is 0.265. The van der Waals surface area contributed by atoms with Gasteiger partial charge in [0.05, 0.1) is 30.2 Å². The highest BCUT2D eigenvalue weighted by atomic mass is 16.5. The monoisotopic (exact) mass is 419 g/mol. The number of nitrogens with zero attached hydrogens (tertiary/aromatic N) is 1. The number of aryl methyl sites for hydroxylation is 1. The first-order chi connectivity index (χ1) is 15.0. The standard InChI is InChI=1S/C24H25N3O4/c1-4-30-21-14-20(27-24(29)18-10-7-11-25-15-18)22(31-5-2)13-19(21)26-23(28)17-9-6-8-16(3)12-17/h6-15H,4-5H2,1-3H3,(H,26,28)(H,27,29). The van der Waals surface area contributed by atoms with Crippen LogP contribution in [0.5, 0.6) is 11.5 Å². The van der Waals surface area contributed by atoms with E-state index in [9.17, 15) is 9.59 Å². The van der Waals surface area contributed by atoms with Crippen LogP contribution in [-0.4, -0.2) is 30.0 Å². The zero-order valence-electron chi connectivity index (χ0n) is 17.8. The minimum atomic E-state index is -0.326. The summed E-state index contributed by atoms with van der Waals surface area (Å²) < 4.78 is 11.4. The molecule has 0 saturated heterocycles. The summed E-state index contributed by atoms with van der Waals surface area (Å²) in [6.45, 7) is 6.38. The summed E-state index contributed by atoms with van der Waals surface area (Å²) in [6.07, 6.45) is 3.08. The van der Waals surface area contributed by atoms with Gasteiger partial charge in [0, 0.05) is 30.1 Å². The Morgan fingerprint density at radius 2 is 1.42 bits per heavy atom. The number of carbonyl (C=O) groups excluding carboxylic acids is 2. The van der Waals surface area contributed by atoms with Crippen molar-refractivity contribution in [3.05, 3.63) is 77.6 Å². The molecule has 2 N–H and O–H groups in total. The summed E-state index contributed by atoms with van der Waals surface area (Å²) in [4.78, 5) is 29.3. The van der Waals surface area contributed by atoms with Crippen LogP contribution in [0.15, 0.2) is 60.9 Å². The first-order valence-electron chi connectivity index (χ1n) is 10.0. The Labute approximate surface area is 181 Å². The van der Waals surface area contributed by atoms with Gasteiger partial charge in [0.1, 0.15) is 11.5 Å². The number of amides is 2. The fourth-order valence-electron chi connectivity index (χ4n) is 2.98. The van der Waals surface area contributed by atoms with Gasteiger partial charge >= 0.3 is 0 Å². The summed E-state index contributed by atoms with van der Waals surface area (Å²) in [6, 6.07) is 14.0. The number of aromatic nitrogens is 1. The predicted molar refractivity (Wildman–Crippen MR) is 120 cm³/mol. The third-order valence-corrected chi connectivity index (χ3v) is 4.38. The predicted octanol–water partition coefficient (Wildman–Crippen LogP) is 4.69. The molecular weight excluding hydrogens is 394 g/mol. The van der Waals surface area contributed by atoms with E-state index in [-0.39, 0.29) is 11.8 Å². The number of benzene rings is 2. The quantitative estimate of drug-likeness (QED) is 0.553. The van der Waals surface area contributed by atoms with Crippen LogP contribution in [0.25, 0.3) is 0 Å². The maximum absolute atomic E-state index is 12.8. The van der Waals surface area contributed by atoms with Crippen LogP contribution in [-0.2, 0) is 0 Å². The van der Waals surface area contributed by atoms with E-state index >= 15 is 0 Å². The first kappa shape index (κ1) is 21.8. The molecule has 0 aliphatic rings. The second-order valence-corrected chi connectivity index (χ2v) is 6.73. The molecule has 3 aromatic rings. The van der Waals surface area contributed by atoms with Crippen molar-refractivity contribution in [3.63, 3.8) is 0 Å². The largest absolute Gasteiger partial charge is 0.492 e. The van der Waals surface area contributed by atoms with E-state index in [0.29, 0.717) is 47.2 Å². The number of pyridine rings is 1. The molecule has 1 aromatic heterocycles. The molecule has 0 spiro atoms. The van der Waals surface area contributed by atoms with E-state index < -0.39 is 0 Å². The number of hydrogen-bond acceptors (Lipinski definition) is 5. The Morgan fingerprint density at radius 1 is 0.839 bits per heavy atom. The lowest BCUT2D eigenvalue weighted by Crippen LogP contribution is -2.16. The lowest BCUT2D eigenvalue weighted by atomic mass is 10.1. The second-order valence-electron chi connectivity index (χ2n) is 6.73. The molecule has 0 unspecified atom stereocenters. The molecule has 31 heavy (non-hydrogen) atoms. The average Bonchev–Trinajstić information content (AvgIpc) is 2.77. The van der Waals surface area contributed by atoms with Gasteiger partial charge in [-0.3, -0.25) is 14.6 Å². The van der Waals surface area contributed by atoms with E-state index in [0.717, 1.165) is 5.56 Å². The van der Waals surface area contributed by atoms with Crippen molar-refractivity contribution in [2.45, 2.75) is 20.8 Å². The van der Waals surface area contributed by atoms with Crippen LogP contribution >= 0.6 is 0 Å². The Kier molecular flexibility index (Phi) is 7.22. The number of rotatable bonds is 8. The molecule has 2 aromatic carbocycles. The van der Waals surface area contributed by atoms with Gasteiger partial charge in [0.25, 0.3) is 11.8 Å². The normalized spacial score (nSPS) is 10.3. The van der Waals surface area contributed by atoms with Gasteiger partial charge < -0.3 is 20.1 Å². The maximum Gasteiger partial charge on any atom is 0.257 e. The molecule has 2 amide bonds. The summed E-state index contributed by atoms with van der Waals surface area (Å²) in [5, 5.41) is 5.72. The van der Waals surface area contributed by atoms with Gasteiger partial charge in [-0.2, -0.15) is 0 Å². The van der Waals surface area contributed by atoms with E-state index in [4.69, 9.17) is 9.47 Å². The van der Waals surface area contributed by atoms with E-state index in [1.54, 1.807) is 36.5 Å². The van der Waals surface area contributed by atoms with Crippen molar-refractivity contribution in [1.29, 1.82) is 0 Å². The Bertz CT molecular complexity index is 1070. The van der Waals surface area contributed by atoms with Gasteiger partial charge in [-0.05, 0) is 45.0 Å². The van der Waals surface area contributed by atoms with Crippen LogP contribution in [0.1, 0.15) is 40.1 Å². The van der Waals surface area contributed by atoms with Crippen LogP contribution in [0.4, 0.5) is 11.4 Å². The first-order valence-corrected chi connectivity index (χ1v) is 10.0. The Balaban J connectivity index is 1.93. The molecule has 0 aliphatic carbocycles. The van der Waals surface area contributed by atoms with E-state index in [1.165, 1.54) is 6.20 Å². The fourth-order valence-corrected chi connectivity index (χ4v) is 2.98. The zero-order valence-corrected chi connectivity index (χ0v) is 17.8. The highest BCUT2D eigenvalue weighted by Gasteiger charge is 2.17. The SMILES string of the molecule is CCOc1cc(NC(=O)c2cccc(C)c2)c(OCC)cc1NC(=O)c1cccnc1. The highest BCUT2D eigenvalue weighted by molar-refractivity contribution is 6.07.